The first-order valence-electron chi connectivity index (χ1n) is 9.24. The Balaban J connectivity index is 1.79. The molecule has 0 aliphatic carbocycles. The van der Waals surface area contributed by atoms with Crippen molar-refractivity contribution >= 4 is 40.7 Å². The second-order valence-corrected chi connectivity index (χ2v) is 6.84. The Morgan fingerprint density at radius 2 is 1.76 bits per heavy atom. The summed E-state index contributed by atoms with van der Waals surface area (Å²) in [6.07, 6.45) is 0. The van der Waals surface area contributed by atoms with Crippen LogP contribution in [0.15, 0.2) is 53.5 Å². The molecule has 8 heteroatoms. The first-order chi connectivity index (χ1) is 14.0. The van der Waals surface area contributed by atoms with E-state index in [1.165, 1.54) is 7.11 Å². The molecule has 0 unspecified atom stereocenters. The maximum atomic E-state index is 12.6. The molecular formula is C21H23ClN4O3. The normalized spacial score (nSPS) is 14.6. The van der Waals surface area contributed by atoms with E-state index < -0.39 is 5.97 Å². The van der Waals surface area contributed by atoms with E-state index >= 15 is 0 Å². The summed E-state index contributed by atoms with van der Waals surface area (Å²) >= 11 is 5.78. The standard InChI is InChI=1S/C21H23ClN4O3/c1-29-21(28)16-7-8-18(17(13-16)24-19(23)14-22)25-9-11-26(12-10-25)20(27)15-5-3-2-4-6-15/h2-8,13H,9-12,14H2,1H3,(H2,23,24). The smallest absolute Gasteiger partial charge is 0.337 e. The van der Waals surface area contributed by atoms with Gasteiger partial charge in [-0.1, -0.05) is 18.2 Å². The number of amides is 1. The Morgan fingerprint density at radius 3 is 2.38 bits per heavy atom. The number of carbonyl (C=O) groups excluding carboxylic acids is 2. The molecule has 29 heavy (non-hydrogen) atoms. The third-order valence-electron chi connectivity index (χ3n) is 4.73. The van der Waals surface area contributed by atoms with E-state index in [0.717, 1.165) is 5.69 Å². The van der Waals surface area contributed by atoms with Crippen LogP contribution in [-0.4, -0.2) is 61.8 Å². The Hall–Kier alpha value is -3.06. The molecule has 1 aliphatic heterocycles. The summed E-state index contributed by atoms with van der Waals surface area (Å²) in [5.41, 5.74) is 8.27. The van der Waals surface area contributed by atoms with Gasteiger partial charge in [-0.3, -0.25) is 4.79 Å². The van der Waals surface area contributed by atoms with E-state index in [1.807, 2.05) is 41.3 Å². The third kappa shape index (κ3) is 4.86. The number of rotatable bonds is 5. The van der Waals surface area contributed by atoms with Crippen LogP contribution in [0.4, 0.5) is 11.4 Å². The number of nitrogens with zero attached hydrogens (tertiary/aromatic N) is 3. The Kier molecular flexibility index (Phi) is 6.72. The average molecular weight is 415 g/mol. The van der Waals surface area contributed by atoms with Gasteiger partial charge in [0.1, 0.15) is 5.84 Å². The molecule has 152 valence electrons. The largest absolute Gasteiger partial charge is 0.465 e. The highest BCUT2D eigenvalue weighted by atomic mass is 35.5. The number of alkyl halides is 1. The Morgan fingerprint density at radius 1 is 1.07 bits per heavy atom. The second kappa shape index (κ2) is 9.43. The molecule has 1 aliphatic rings. The summed E-state index contributed by atoms with van der Waals surface area (Å²) in [6.45, 7) is 2.44. The van der Waals surface area contributed by atoms with Gasteiger partial charge in [0.25, 0.3) is 5.91 Å². The number of methoxy groups -OCH3 is 1. The number of ether oxygens (including phenoxy) is 1. The topological polar surface area (TPSA) is 88.2 Å². The van der Waals surface area contributed by atoms with Crippen LogP contribution < -0.4 is 10.6 Å². The molecular weight excluding hydrogens is 392 g/mol. The van der Waals surface area contributed by atoms with Gasteiger partial charge in [0.05, 0.1) is 29.9 Å². The maximum absolute atomic E-state index is 12.6. The van der Waals surface area contributed by atoms with Crippen molar-refractivity contribution < 1.29 is 14.3 Å². The van der Waals surface area contributed by atoms with Gasteiger partial charge >= 0.3 is 5.97 Å². The molecule has 1 amide bonds. The Labute approximate surface area is 174 Å². The van der Waals surface area contributed by atoms with Crippen molar-refractivity contribution in [1.82, 2.24) is 4.90 Å². The number of aliphatic imine (C=N–C) groups is 1. The lowest BCUT2D eigenvalue weighted by Crippen LogP contribution is -2.48. The molecule has 7 nitrogen and oxygen atoms in total. The van der Waals surface area contributed by atoms with Crippen molar-refractivity contribution in [3.8, 4) is 0 Å². The lowest BCUT2D eigenvalue weighted by molar-refractivity contribution is 0.0600. The number of anilines is 1. The van der Waals surface area contributed by atoms with Gasteiger partial charge in [-0.05, 0) is 30.3 Å². The quantitative estimate of drug-likeness (QED) is 0.351. The molecule has 2 N–H and O–H groups in total. The second-order valence-electron chi connectivity index (χ2n) is 6.58. The van der Waals surface area contributed by atoms with E-state index in [4.69, 9.17) is 22.1 Å². The summed E-state index contributed by atoms with van der Waals surface area (Å²) in [6, 6.07) is 14.4. The number of benzene rings is 2. The number of carbonyl (C=O) groups is 2. The molecule has 0 aromatic heterocycles. The lowest BCUT2D eigenvalue weighted by atomic mass is 10.1. The summed E-state index contributed by atoms with van der Waals surface area (Å²) < 4.78 is 4.79. The first kappa shape index (κ1) is 20.7. The molecule has 1 fully saturated rings. The Bertz CT molecular complexity index is 909. The number of halogens is 1. The number of piperazine rings is 1. The van der Waals surface area contributed by atoms with Gasteiger partial charge in [0, 0.05) is 31.7 Å². The van der Waals surface area contributed by atoms with E-state index in [2.05, 4.69) is 9.89 Å². The van der Waals surface area contributed by atoms with Gasteiger partial charge in [0.2, 0.25) is 0 Å². The minimum absolute atomic E-state index is 0.0240. The van der Waals surface area contributed by atoms with Crippen LogP contribution in [0.3, 0.4) is 0 Å². The number of amidine groups is 1. The van der Waals surface area contributed by atoms with Gasteiger partial charge < -0.3 is 20.3 Å². The van der Waals surface area contributed by atoms with Crippen LogP contribution in [-0.2, 0) is 4.74 Å². The van der Waals surface area contributed by atoms with Gasteiger partial charge in [-0.25, -0.2) is 9.79 Å². The zero-order valence-corrected chi connectivity index (χ0v) is 16.9. The highest BCUT2D eigenvalue weighted by Crippen LogP contribution is 2.31. The van der Waals surface area contributed by atoms with Crippen molar-refractivity contribution in [2.24, 2.45) is 10.7 Å². The van der Waals surface area contributed by atoms with Gasteiger partial charge in [-0.15, -0.1) is 11.6 Å². The van der Waals surface area contributed by atoms with E-state index in [9.17, 15) is 9.59 Å². The highest BCUT2D eigenvalue weighted by Gasteiger charge is 2.24. The predicted octanol–water partition coefficient (Wildman–Crippen LogP) is 2.66. The number of nitrogens with two attached hydrogens (primary N) is 1. The van der Waals surface area contributed by atoms with Crippen LogP contribution in [0.1, 0.15) is 20.7 Å². The van der Waals surface area contributed by atoms with Gasteiger partial charge in [0.15, 0.2) is 0 Å². The van der Waals surface area contributed by atoms with E-state index in [0.29, 0.717) is 43.0 Å². The van der Waals surface area contributed by atoms with Crippen molar-refractivity contribution in [3.05, 3.63) is 59.7 Å². The van der Waals surface area contributed by atoms with Crippen molar-refractivity contribution in [3.63, 3.8) is 0 Å². The predicted molar refractivity (Wildman–Crippen MR) is 114 cm³/mol. The fourth-order valence-electron chi connectivity index (χ4n) is 3.22. The van der Waals surface area contributed by atoms with Gasteiger partial charge in [-0.2, -0.15) is 0 Å². The highest BCUT2D eigenvalue weighted by molar-refractivity contribution is 6.28. The van der Waals surface area contributed by atoms with Crippen LogP contribution >= 0.6 is 11.6 Å². The monoisotopic (exact) mass is 414 g/mol. The van der Waals surface area contributed by atoms with Crippen molar-refractivity contribution in [2.45, 2.75) is 0 Å². The van der Waals surface area contributed by atoms with Crippen molar-refractivity contribution in [2.75, 3.05) is 44.1 Å². The van der Waals surface area contributed by atoms with Crippen molar-refractivity contribution in [1.29, 1.82) is 0 Å². The maximum Gasteiger partial charge on any atom is 0.337 e. The average Bonchev–Trinajstić information content (AvgIpc) is 2.78. The van der Waals surface area contributed by atoms with Crippen LogP contribution in [0.25, 0.3) is 0 Å². The number of hydrogen-bond donors (Lipinski definition) is 1. The summed E-state index contributed by atoms with van der Waals surface area (Å²) in [4.78, 5) is 32.8. The fourth-order valence-corrected chi connectivity index (χ4v) is 3.28. The number of esters is 1. The molecule has 0 atom stereocenters. The molecule has 0 radical (unpaired) electrons. The fraction of sp³-hybridized carbons (Fsp3) is 0.286. The van der Waals surface area contributed by atoms with Crippen LogP contribution in [0, 0.1) is 0 Å². The number of hydrogen-bond acceptors (Lipinski definition) is 5. The third-order valence-corrected chi connectivity index (χ3v) is 5.00. The summed E-state index contributed by atoms with van der Waals surface area (Å²) in [7, 11) is 1.33. The van der Waals surface area contributed by atoms with Crippen LogP contribution in [0.5, 0.6) is 0 Å². The summed E-state index contributed by atoms with van der Waals surface area (Å²) in [5, 5.41) is 0. The minimum Gasteiger partial charge on any atom is -0.465 e. The van der Waals surface area contributed by atoms with E-state index in [-0.39, 0.29) is 17.6 Å². The zero-order valence-electron chi connectivity index (χ0n) is 16.2. The first-order valence-corrected chi connectivity index (χ1v) is 9.77. The lowest BCUT2D eigenvalue weighted by Gasteiger charge is -2.36. The molecule has 2 aromatic carbocycles. The molecule has 1 heterocycles. The molecule has 0 bridgehead atoms. The van der Waals surface area contributed by atoms with Crippen LogP contribution in [0.2, 0.25) is 0 Å². The molecule has 1 saturated heterocycles. The van der Waals surface area contributed by atoms with E-state index in [1.54, 1.807) is 12.1 Å². The SMILES string of the molecule is COC(=O)c1ccc(N2CCN(C(=O)c3ccccc3)CC2)c(N=C(N)CCl)c1. The summed E-state index contributed by atoms with van der Waals surface area (Å²) in [5.74, 6) is -0.0826. The molecule has 2 aromatic rings. The molecule has 0 spiro atoms. The zero-order chi connectivity index (χ0) is 20.8. The molecule has 0 saturated carbocycles. The minimum atomic E-state index is -0.448. The molecule has 3 rings (SSSR count).